The van der Waals surface area contributed by atoms with Gasteiger partial charge in [-0.2, -0.15) is 0 Å². The summed E-state index contributed by atoms with van der Waals surface area (Å²) in [6, 6.07) is 0.316. The van der Waals surface area contributed by atoms with Crippen molar-refractivity contribution in [1.82, 2.24) is 10.6 Å². The van der Waals surface area contributed by atoms with Gasteiger partial charge in [-0.25, -0.2) is 0 Å². The normalized spacial score (nSPS) is 21.5. The third-order valence-corrected chi connectivity index (χ3v) is 4.01. The van der Waals surface area contributed by atoms with E-state index in [1.165, 1.54) is 38.5 Å². The van der Waals surface area contributed by atoms with E-state index in [0.29, 0.717) is 6.04 Å². The second-order valence-electron chi connectivity index (χ2n) is 7.17. The van der Waals surface area contributed by atoms with Crippen molar-refractivity contribution in [3.8, 4) is 0 Å². The minimum Gasteiger partial charge on any atom is -0.350 e. The molecule has 0 aromatic heterocycles. The summed E-state index contributed by atoms with van der Waals surface area (Å²) < 4.78 is 0. The zero-order valence-electron chi connectivity index (χ0n) is 13.4. The van der Waals surface area contributed by atoms with Crippen LogP contribution in [0.5, 0.6) is 0 Å². The van der Waals surface area contributed by atoms with Crippen LogP contribution in [0.1, 0.15) is 73.1 Å². The molecule has 0 radical (unpaired) electrons. The fourth-order valence-electron chi connectivity index (χ4n) is 2.89. The second kappa shape index (κ2) is 7.28. The molecular weight excluding hydrogens is 236 g/mol. The van der Waals surface area contributed by atoms with Crippen molar-refractivity contribution in [2.75, 3.05) is 0 Å². The minimum atomic E-state index is -0.154. The van der Waals surface area contributed by atoms with Crippen LogP contribution in [0.25, 0.3) is 0 Å². The van der Waals surface area contributed by atoms with Crippen molar-refractivity contribution in [2.24, 2.45) is 5.92 Å². The van der Waals surface area contributed by atoms with Crippen molar-refractivity contribution in [2.45, 2.75) is 90.8 Å². The van der Waals surface area contributed by atoms with Gasteiger partial charge < -0.3 is 10.6 Å². The highest BCUT2D eigenvalue weighted by Gasteiger charge is 2.24. The average molecular weight is 268 g/mol. The van der Waals surface area contributed by atoms with Gasteiger partial charge in [0.1, 0.15) is 0 Å². The van der Waals surface area contributed by atoms with E-state index in [1.807, 2.05) is 27.7 Å². The molecule has 0 spiro atoms. The molecule has 1 aliphatic carbocycles. The van der Waals surface area contributed by atoms with Gasteiger partial charge >= 0.3 is 0 Å². The highest BCUT2D eigenvalue weighted by Crippen LogP contribution is 2.25. The molecule has 1 unspecified atom stereocenters. The molecule has 0 bridgehead atoms. The van der Waals surface area contributed by atoms with Gasteiger partial charge in [0.15, 0.2) is 0 Å². The number of rotatable bonds is 4. The Kier molecular flexibility index (Phi) is 6.31. The second-order valence-corrected chi connectivity index (χ2v) is 7.17. The van der Waals surface area contributed by atoms with Crippen LogP contribution in [0.2, 0.25) is 0 Å². The molecule has 1 rings (SSSR count). The third kappa shape index (κ3) is 6.42. The first kappa shape index (κ1) is 16.5. The molecule has 1 aliphatic rings. The molecule has 0 heterocycles. The van der Waals surface area contributed by atoms with Crippen molar-refractivity contribution in [3.05, 3.63) is 0 Å². The van der Waals surface area contributed by atoms with E-state index >= 15 is 0 Å². The van der Waals surface area contributed by atoms with Crippen LogP contribution in [-0.2, 0) is 4.79 Å². The summed E-state index contributed by atoms with van der Waals surface area (Å²) in [5, 5.41) is 6.53. The van der Waals surface area contributed by atoms with Gasteiger partial charge in [-0.3, -0.25) is 4.79 Å². The molecule has 0 aliphatic heterocycles. The molecule has 2 N–H and O–H groups in total. The first-order valence-electron chi connectivity index (χ1n) is 7.87. The van der Waals surface area contributed by atoms with Gasteiger partial charge in [0, 0.05) is 11.6 Å². The molecule has 19 heavy (non-hydrogen) atoms. The van der Waals surface area contributed by atoms with Crippen LogP contribution in [0.3, 0.4) is 0 Å². The molecule has 0 aromatic rings. The number of carbonyl (C=O) groups excluding carboxylic acids is 1. The predicted octanol–water partition coefficient (Wildman–Crippen LogP) is 3.24. The lowest BCUT2D eigenvalue weighted by Crippen LogP contribution is -2.52. The first-order chi connectivity index (χ1) is 8.79. The molecular formula is C16H32N2O. The number of hydrogen-bond donors (Lipinski definition) is 2. The third-order valence-electron chi connectivity index (χ3n) is 4.01. The largest absolute Gasteiger partial charge is 0.350 e. The summed E-state index contributed by atoms with van der Waals surface area (Å²) in [7, 11) is 0. The quantitative estimate of drug-likeness (QED) is 0.769. The van der Waals surface area contributed by atoms with E-state index in [4.69, 9.17) is 0 Å². The predicted molar refractivity (Wildman–Crippen MR) is 81.1 cm³/mol. The maximum atomic E-state index is 12.1. The zero-order chi connectivity index (χ0) is 14.5. The summed E-state index contributed by atoms with van der Waals surface area (Å²) in [6.07, 6.45) is 8.06. The van der Waals surface area contributed by atoms with E-state index in [-0.39, 0.29) is 17.5 Å². The number of amides is 1. The lowest BCUT2D eigenvalue weighted by Gasteiger charge is -2.29. The van der Waals surface area contributed by atoms with E-state index in [0.717, 1.165) is 5.92 Å². The Morgan fingerprint density at radius 1 is 1.05 bits per heavy atom. The van der Waals surface area contributed by atoms with Crippen molar-refractivity contribution >= 4 is 5.91 Å². The Labute approximate surface area is 118 Å². The molecule has 3 nitrogen and oxygen atoms in total. The summed E-state index contributed by atoms with van der Waals surface area (Å²) in [6.45, 7) is 10.3. The highest BCUT2D eigenvalue weighted by molar-refractivity contribution is 5.81. The van der Waals surface area contributed by atoms with Gasteiger partial charge in [-0.05, 0) is 53.4 Å². The number of nitrogens with one attached hydrogen (secondary N) is 2. The zero-order valence-corrected chi connectivity index (χ0v) is 13.4. The Bertz CT molecular complexity index is 275. The van der Waals surface area contributed by atoms with E-state index < -0.39 is 0 Å². The summed E-state index contributed by atoms with van der Waals surface area (Å²) in [5.41, 5.74) is -0.154. The van der Waals surface area contributed by atoms with Gasteiger partial charge in [0.25, 0.3) is 0 Å². The molecule has 3 heteroatoms. The van der Waals surface area contributed by atoms with E-state index in [9.17, 15) is 4.79 Å². The molecule has 1 fully saturated rings. The van der Waals surface area contributed by atoms with Crippen molar-refractivity contribution in [3.63, 3.8) is 0 Å². The maximum Gasteiger partial charge on any atom is 0.237 e. The first-order valence-corrected chi connectivity index (χ1v) is 7.87. The summed E-state index contributed by atoms with van der Waals surface area (Å²) >= 11 is 0. The van der Waals surface area contributed by atoms with Crippen LogP contribution in [0.15, 0.2) is 0 Å². The SMILES string of the molecule is CC(N[C@@H](C)C1CCCCCC1)C(=O)NC(C)(C)C. The summed E-state index contributed by atoms with van der Waals surface area (Å²) in [4.78, 5) is 12.1. The summed E-state index contributed by atoms with van der Waals surface area (Å²) in [5.74, 6) is 0.834. The van der Waals surface area contributed by atoms with Gasteiger partial charge in [-0.1, -0.05) is 25.7 Å². The maximum absolute atomic E-state index is 12.1. The fourth-order valence-corrected chi connectivity index (χ4v) is 2.89. The van der Waals surface area contributed by atoms with Gasteiger partial charge in [-0.15, -0.1) is 0 Å². The monoisotopic (exact) mass is 268 g/mol. The topological polar surface area (TPSA) is 41.1 Å². The average Bonchev–Trinajstić information content (AvgIpc) is 2.54. The molecule has 0 saturated heterocycles. The Morgan fingerprint density at radius 2 is 1.58 bits per heavy atom. The molecule has 1 amide bonds. The van der Waals surface area contributed by atoms with Crippen molar-refractivity contribution in [1.29, 1.82) is 0 Å². The standard InChI is InChI=1S/C16H32N2O/c1-12(14-10-8-6-7-9-11-14)17-13(2)15(19)18-16(3,4)5/h12-14,17H,6-11H2,1-5H3,(H,18,19)/t12-,13?/m0/s1. The lowest BCUT2D eigenvalue weighted by atomic mass is 9.92. The van der Waals surface area contributed by atoms with E-state index in [2.05, 4.69) is 17.6 Å². The van der Waals surface area contributed by atoms with Crippen LogP contribution >= 0.6 is 0 Å². The molecule has 112 valence electrons. The van der Waals surface area contributed by atoms with Crippen LogP contribution < -0.4 is 10.6 Å². The minimum absolute atomic E-state index is 0.105. The molecule has 0 aromatic carbocycles. The Balaban J connectivity index is 2.41. The molecule has 2 atom stereocenters. The molecule has 1 saturated carbocycles. The lowest BCUT2D eigenvalue weighted by molar-refractivity contribution is -0.124. The smallest absolute Gasteiger partial charge is 0.237 e. The van der Waals surface area contributed by atoms with Crippen LogP contribution in [0, 0.1) is 5.92 Å². The van der Waals surface area contributed by atoms with Crippen LogP contribution in [-0.4, -0.2) is 23.5 Å². The highest BCUT2D eigenvalue weighted by atomic mass is 16.2. The Morgan fingerprint density at radius 3 is 2.05 bits per heavy atom. The Hall–Kier alpha value is -0.570. The number of hydrogen-bond acceptors (Lipinski definition) is 2. The van der Waals surface area contributed by atoms with Crippen molar-refractivity contribution < 1.29 is 4.79 Å². The van der Waals surface area contributed by atoms with E-state index in [1.54, 1.807) is 0 Å². The fraction of sp³-hybridized carbons (Fsp3) is 0.938. The number of carbonyl (C=O) groups is 1. The van der Waals surface area contributed by atoms with Gasteiger partial charge in [0.2, 0.25) is 5.91 Å². The van der Waals surface area contributed by atoms with Crippen LogP contribution in [0.4, 0.5) is 0 Å². The van der Waals surface area contributed by atoms with Gasteiger partial charge in [0.05, 0.1) is 6.04 Å².